The van der Waals surface area contributed by atoms with Crippen LogP contribution in [0.15, 0.2) is 11.6 Å². The average Bonchev–Trinajstić information content (AvgIpc) is 2.26. The van der Waals surface area contributed by atoms with Crippen molar-refractivity contribution in [1.82, 2.24) is 4.90 Å². The van der Waals surface area contributed by atoms with Gasteiger partial charge in [0.15, 0.2) is 0 Å². The minimum atomic E-state index is -0.271. The van der Waals surface area contributed by atoms with E-state index in [0.717, 1.165) is 32.5 Å². The Morgan fingerprint density at radius 1 is 1.53 bits per heavy atom. The molecule has 0 aromatic carbocycles. The molecule has 1 N–H and O–H groups in total. The number of methoxy groups -OCH3 is 1. The Labute approximate surface area is 90.5 Å². The van der Waals surface area contributed by atoms with Gasteiger partial charge in [-0.1, -0.05) is 6.08 Å². The summed E-state index contributed by atoms with van der Waals surface area (Å²) in [4.78, 5) is 13.3. The number of carbonyl (C=O) groups excluding carboxylic acids is 1. The lowest BCUT2D eigenvalue weighted by Gasteiger charge is -2.28. The van der Waals surface area contributed by atoms with E-state index in [1.54, 1.807) is 6.92 Å². The number of rotatable bonds is 3. The number of aliphatic hydroxyl groups is 1. The molecule has 4 nitrogen and oxygen atoms in total. The van der Waals surface area contributed by atoms with Gasteiger partial charge in [-0.3, -0.25) is 4.90 Å². The molecule has 15 heavy (non-hydrogen) atoms. The van der Waals surface area contributed by atoms with Crippen LogP contribution in [0.3, 0.4) is 0 Å². The van der Waals surface area contributed by atoms with Crippen LogP contribution < -0.4 is 0 Å². The molecule has 0 unspecified atom stereocenters. The average molecular weight is 213 g/mol. The maximum atomic E-state index is 11.1. The molecule has 0 radical (unpaired) electrons. The fourth-order valence-electron chi connectivity index (χ4n) is 1.61. The number of piperidine rings is 1. The second kappa shape index (κ2) is 5.88. The molecule has 4 heteroatoms. The van der Waals surface area contributed by atoms with Gasteiger partial charge in [0.2, 0.25) is 0 Å². The Morgan fingerprint density at radius 2 is 2.13 bits per heavy atom. The second-order valence-electron chi connectivity index (χ2n) is 3.91. The molecule has 0 aromatic heterocycles. The molecule has 1 saturated heterocycles. The number of esters is 1. The third-order valence-corrected chi connectivity index (χ3v) is 2.72. The molecule has 0 saturated carbocycles. The molecule has 0 bridgehead atoms. The molecule has 1 fully saturated rings. The van der Waals surface area contributed by atoms with Crippen molar-refractivity contribution in [2.45, 2.75) is 25.9 Å². The van der Waals surface area contributed by atoms with Crippen LogP contribution >= 0.6 is 0 Å². The van der Waals surface area contributed by atoms with Gasteiger partial charge >= 0.3 is 5.97 Å². The van der Waals surface area contributed by atoms with Gasteiger partial charge in [0.1, 0.15) is 0 Å². The van der Waals surface area contributed by atoms with Crippen LogP contribution in [0.25, 0.3) is 0 Å². The summed E-state index contributed by atoms with van der Waals surface area (Å²) in [7, 11) is 1.39. The van der Waals surface area contributed by atoms with Crippen molar-refractivity contribution < 1.29 is 14.6 Å². The summed E-state index contributed by atoms with van der Waals surface area (Å²) in [5, 5.41) is 9.31. The molecular formula is C11H19NO3. The van der Waals surface area contributed by atoms with Crippen molar-refractivity contribution in [2.24, 2.45) is 0 Å². The van der Waals surface area contributed by atoms with Crippen LogP contribution in [0.4, 0.5) is 0 Å². The first kappa shape index (κ1) is 12.2. The number of nitrogens with zero attached hydrogens (tertiary/aromatic N) is 1. The van der Waals surface area contributed by atoms with Crippen molar-refractivity contribution >= 4 is 5.97 Å². The number of ether oxygens (including phenoxy) is 1. The predicted octanol–water partition coefficient (Wildman–Crippen LogP) is 0.562. The standard InChI is InChI=1S/C11H19NO3/c1-9(11(14)15-2)3-6-12-7-4-10(13)5-8-12/h3,10,13H,4-8H2,1-2H3. The quantitative estimate of drug-likeness (QED) is 0.550. The number of hydrogen-bond acceptors (Lipinski definition) is 4. The number of aliphatic hydroxyl groups excluding tert-OH is 1. The largest absolute Gasteiger partial charge is 0.466 e. The summed E-state index contributed by atoms with van der Waals surface area (Å²) < 4.78 is 4.60. The highest BCUT2D eigenvalue weighted by molar-refractivity contribution is 5.87. The zero-order chi connectivity index (χ0) is 11.3. The van der Waals surface area contributed by atoms with E-state index in [1.165, 1.54) is 7.11 Å². The Kier molecular flexibility index (Phi) is 4.78. The van der Waals surface area contributed by atoms with Gasteiger partial charge in [0.05, 0.1) is 13.2 Å². The maximum Gasteiger partial charge on any atom is 0.333 e. The van der Waals surface area contributed by atoms with Crippen LogP contribution in [0.5, 0.6) is 0 Å². The predicted molar refractivity (Wildman–Crippen MR) is 57.5 cm³/mol. The normalized spacial score (nSPS) is 20.3. The van der Waals surface area contributed by atoms with Crippen molar-refractivity contribution in [1.29, 1.82) is 0 Å². The highest BCUT2D eigenvalue weighted by atomic mass is 16.5. The Morgan fingerprint density at radius 3 is 2.67 bits per heavy atom. The zero-order valence-electron chi connectivity index (χ0n) is 9.40. The van der Waals surface area contributed by atoms with E-state index in [9.17, 15) is 9.90 Å². The van der Waals surface area contributed by atoms with Gasteiger partial charge in [-0.25, -0.2) is 4.79 Å². The van der Waals surface area contributed by atoms with Gasteiger partial charge in [0.25, 0.3) is 0 Å². The lowest BCUT2D eigenvalue weighted by atomic mass is 10.1. The third-order valence-electron chi connectivity index (χ3n) is 2.72. The van der Waals surface area contributed by atoms with E-state index in [-0.39, 0.29) is 12.1 Å². The topological polar surface area (TPSA) is 49.8 Å². The van der Waals surface area contributed by atoms with E-state index in [0.29, 0.717) is 5.57 Å². The van der Waals surface area contributed by atoms with Crippen molar-refractivity contribution in [3.05, 3.63) is 11.6 Å². The molecule has 1 rings (SSSR count). The Bertz CT molecular complexity index is 242. The number of carbonyl (C=O) groups is 1. The highest BCUT2D eigenvalue weighted by Crippen LogP contribution is 2.09. The monoisotopic (exact) mass is 213 g/mol. The first-order valence-corrected chi connectivity index (χ1v) is 5.29. The zero-order valence-corrected chi connectivity index (χ0v) is 9.40. The van der Waals surface area contributed by atoms with Gasteiger partial charge in [0, 0.05) is 25.2 Å². The molecule has 0 aromatic rings. The van der Waals surface area contributed by atoms with Crippen molar-refractivity contribution in [3.63, 3.8) is 0 Å². The summed E-state index contributed by atoms with van der Waals surface area (Å²) >= 11 is 0. The molecule has 0 spiro atoms. The fourth-order valence-corrected chi connectivity index (χ4v) is 1.61. The maximum absolute atomic E-state index is 11.1. The summed E-state index contributed by atoms with van der Waals surface area (Å²) in [5.74, 6) is -0.271. The molecule has 86 valence electrons. The van der Waals surface area contributed by atoms with Gasteiger partial charge in [-0.15, -0.1) is 0 Å². The van der Waals surface area contributed by atoms with Crippen molar-refractivity contribution in [2.75, 3.05) is 26.7 Å². The minimum Gasteiger partial charge on any atom is -0.466 e. The van der Waals surface area contributed by atoms with Gasteiger partial charge < -0.3 is 9.84 Å². The SMILES string of the molecule is COC(=O)C(C)=CCN1CCC(O)CC1. The van der Waals surface area contributed by atoms with Crippen LogP contribution in [0.2, 0.25) is 0 Å². The molecule has 0 aliphatic carbocycles. The molecular weight excluding hydrogens is 194 g/mol. The third kappa shape index (κ3) is 4.01. The highest BCUT2D eigenvalue weighted by Gasteiger charge is 2.15. The molecule has 1 aliphatic heterocycles. The smallest absolute Gasteiger partial charge is 0.333 e. The van der Waals surface area contributed by atoms with Crippen LogP contribution in [-0.2, 0) is 9.53 Å². The lowest BCUT2D eigenvalue weighted by Crippen LogP contribution is -2.36. The van der Waals surface area contributed by atoms with Crippen molar-refractivity contribution in [3.8, 4) is 0 Å². The molecule has 0 amide bonds. The van der Waals surface area contributed by atoms with Crippen LogP contribution in [-0.4, -0.2) is 48.8 Å². The van der Waals surface area contributed by atoms with Crippen LogP contribution in [0, 0.1) is 0 Å². The summed E-state index contributed by atoms with van der Waals surface area (Å²) in [6.45, 7) is 4.30. The minimum absolute atomic E-state index is 0.146. The first-order valence-electron chi connectivity index (χ1n) is 5.29. The fraction of sp³-hybridized carbons (Fsp3) is 0.727. The van der Waals surface area contributed by atoms with E-state index >= 15 is 0 Å². The first-order chi connectivity index (χ1) is 7.13. The summed E-state index contributed by atoms with van der Waals surface area (Å²) in [6, 6.07) is 0. The van der Waals surface area contributed by atoms with E-state index in [1.807, 2.05) is 6.08 Å². The van der Waals surface area contributed by atoms with E-state index in [4.69, 9.17) is 0 Å². The summed E-state index contributed by atoms with van der Waals surface area (Å²) in [6.07, 6.45) is 3.38. The van der Waals surface area contributed by atoms with Gasteiger partial charge in [-0.05, 0) is 19.8 Å². The Hall–Kier alpha value is -0.870. The summed E-state index contributed by atoms with van der Waals surface area (Å²) in [5.41, 5.74) is 0.642. The van der Waals surface area contributed by atoms with Gasteiger partial charge in [-0.2, -0.15) is 0 Å². The second-order valence-corrected chi connectivity index (χ2v) is 3.91. The van der Waals surface area contributed by atoms with Crippen LogP contribution in [0.1, 0.15) is 19.8 Å². The molecule has 1 aliphatic rings. The number of hydrogen-bond donors (Lipinski definition) is 1. The Balaban J connectivity index is 2.33. The molecule has 1 heterocycles. The molecule has 0 atom stereocenters. The lowest BCUT2D eigenvalue weighted by molar-refractivity contribution is -0.136. The van der Waals surface area contributed by atoms with E-state index in [2.05, 4.69) is 9.64 Å². The van der Waals surface area contributed by atoms with E-state index < -0.39 is 0 Å². The number of likely N-dealkylation sites (tertiary alicyclic amines) is 1.